The van der Waals surface area contributed by atoms with Crippen LogP contribution in [0, 0.1) is 12.3 Å². The van der Waals surface area contributed by atoms with E-state index in [1.165, 1.54) is 0 Å². The second kappa shape index (κ2) is 8.53. The fraction of sp³-hybridized carbons (Fsp3) is 0.179. The summed E-state index contributed by atoms with van der Waals surface area (Å²) in [4.78, 5) is 5.96. The number of fused-ring (bicyclic) bond motifs is 5. The summed E-state index contributed by atoms with van der Waals surface area (Å²) in [6, 6.07) is 19.5. The molecule has 0 amide bonds. The molecule has 1 aliphatic rings. The Morgan fingerprint density at radius 2 is 1.59 bits per heavy atom. The molecule has 0 aliphatic heterocycles. The molecule has 5 rings (SSSR count). The zero-order valence-electron chi connectivity index (χ0n) is 19.5. The highest BCUT2D eigenvalue weighted by Crippen LogP contribution is 2.47. The largest absolute Gasteiger partial charge is 0.497 e. The predicted octanol–water partition coefficient (Wildman–Crippen LogP) is 5.33. The van der Waals surface area contributed by atoms with Crippen molar-refractivity contribution in [1.82, 2.24) is 4.57 Å². The smallest absolute Gasteiger partial charge is 0.212 e. The highest BCUT2D eigenvalue weighted by Gasteiger charge is 2.34. The monoisotopic (exact) mass is 452 g/mol. The van der Waals surface area contributed by atoms with Gasteiger partial charge in [0.2, 0.25) is 6.10 Å². The van der Waals surface area contributed by atoms with E-state index >= 15 is 0 Å². The molecule has 34 heavy (non-hydrogen) atoms. The quantitative estimate of drug-likeness (QED) is 0.258. The predicted molar refractivity (Wildman–Crippen MR) is 133 cm³/mol. The van der Waals surface area contributed by atoms with Gasteiger partial charge in [-0.15, -0.1) is 6.42 Å². The van der Waals surface area contributed by atoms with Gasteiger partial charge in [-0.05, 0) is 30.3 Å². The number of nitrogens with zero attached hydrogens (tertiary/aromatic N) is 2. The Morgan fingerprint density at radius 1 is 0.882 bits per heavy atom. The van der Waals surface area contributed by atoms with Gasteiger partial charge in [0.1, 0.15) is 11.5 Å². The van der Waals surface area contributed by atoms with Crippen molar-refractivity contribution in [3.05, 3.63) is 77.4 Å². The first kappa shape index (κ1) is 21.5. The van der Waals surface area contributed by atoms with Crippen molar-refractivity contribution in [1.29, 1.82) is 0 Å². The first-order valence-electron chi connectivity index (χ1n) is 10.8. The molecule has 170 valence electrons. The van der Waals surface area contributed by atoms with Crippen molar-refractivity contribution in [2.24, 2.45) is 12.2 Å². The van der Waals surface area contributed by atoms with Crippen LogP contribution >= 0.6 is 0 Å². The van der Waals surface area contributed by atoms with Crippen LogP contribution in [-0.4, -0.2) is 31.6 Å². The van der Waals surface area contributed by atoms with Crippen molar-refractivity contribution in [3.8, 4) is 40.8 Å². The fourth-order valence-electron chi connectivity index (χ4n) is 4.53. The van der Waals surface area contributed by atoms with E-state index in [1.807, 2.05) is 67.7 Å². The molecule has 4 aromatic rings. The Labute approximate surface area is 198 Å². The molecule has 0 bridgehead atoms. The number of hydrogen-bond acceptors (Lipinski definition) is 5. The number of oxime groups is 1. The Bertz CT molecular complexity index is 1460. The summed E-state index contributed by atoms with van der Waals surface area (Å²) < 4.78 is 18.8. The molecule has 1 heterocycles. The van der Waals surface area contributed by atoms with Gasteiger partial charge in [0.05, 0.1) is 27.0 Å². The minimum atomic E-state index is -0.620. The molecular formula is C28H24N2O4. The molecule has 1 atom stereocenters. The molecule has 0 saturated carbocycles. The number of methoxy groups -OCH3 is 3. The zero-order chi connectivity index (χ0) is 23.8. The van der Waals surface area contributed by atoms with Gasteiger partial charge in [-0.3, -0.25) is 0 Å². The van der Waals surface area contributed by atoms with Crippen LogP contribution in [0.5, 0.6) is 17.2 Å². The molecule has 1 unspecified atom stereocenters. The molecule has 0 saturated heterocycles. The Morgan fingerprint density at radius 3 is 2.24 bits per heavy atom. The van der Waals surface area contributed by atoms with Gasteiger partial charge in [-0.2, -0.15) is 0 Å². The van der Waals surface area contributed by atoms with Gasteiger partial charge in [-0.1, -0.05) is 41.4 Å². The van der Waals surface area contributed by atoms with Crippen molar-refractivity contribution in [3.63, 3.8) is 0 Å². The highest BCUT2D eigenvalue weighted by molar-refractivity contribution is 6.30. The van der Waals surface area contributed by atoms with Gasteiger partial charge in [-0.25, -0.2) is 0 Å². The average Bonchev–Trinajstić information content (AvgIpc) is 3.35. The zero-order valence-corrected chi connectivity index (χ0v) is 19.5. The molecular weight excluding hydrogens is 428 g/mol. The summed E-state index contributed by atoms with van der Waals surface area (Å²) in [5, 5.41) is 5.63. The van der Waals surface area contributed by atoms with E-state index in [0.717, 1.165) is 44.6 Å². The second-order valence-electron chi connectivity index (χ2n) is 7.92. The maximum Gasteiger partial charge on any atom is 0.212 e. The van der Waals surface area contributed by atoms with E-state index < -0.39 is 6.10 Å². The van der Waals surface area contributed by atoms with Crippen LogP contribution < -0.4 is 14.2 Å². The number of hydrogen-bond donors (Lipinski definition) is 0. The first-order valence-corrected chi connectivity index (χ1v) is 10.8. The third-order valence-electron chi connectivity index (χ3n) is 6.18. The first-order chi connectivity index (χ1) is 16.6. The van der Waals surface area contributed by atoms with E-state index in [0.29, 0.717) is 17.2 Å². The van der Waals surface area contributed by atoms with Gasteiger partial charge in [0.15, 0.2) is 11.5 Å². The lowest BCUT2D eigenvalue weighted by Gasteiger charge is -2.13. The van der Waals surface area contributed by atoms with Gasteiger partial charge in [0, 0.05) is 40.2 Å². The third-order valence-corrected chi connectivity index (χ3v) is 6.18. The number of rotatable bonds is 6. The minimum Gasteiger partial charge on any atom is -0.497 e. The van der Waals surface area contributed by atoms with Gasteiger partial charge >= 0.3 is 0 Å². The van der Waals surface area contributed by atoms with Crippen LogP contribution in [0.1, 0.15) is 22.8 Å². The van der Waals surface area contributed by atoms with Crippen molar-refractivity contribution >= 4 is 16.6 Å². The van der Waals surface area contributed by atoms with Crippen LogP contribution in [0.2, 0.25) is 0 Å². The molecule has 1 aromatic heterocycles. The Balaban J connectivity index is 1.74. The summed E-state index contributed by atoms with van der Waals surface area (Å²) in [5.74, 6) is 4.71. The van der Waals surface area contributed by atoms with Crippen molar-refractivity contribution in [2.75, 3.05) is 21.3 Å². The third kappa shape index (κ3) is 3.25. The molecule has 1 aliphatic carbocycles. The van der Waals surface area contributed by atoms with E-state index in [-0.39, 0.29) is 0 Å². The summed E-state index contributed by atoms with van der Waals surface area (Å²) in [7, 11) is 6.93. The maximum absolute atomic E-state index is 5.96. The fourth-order valence-corrected chi connectivity index (χ4v) is 4.53. The normalized spacial score (nSPS) is 13.8. The topological polar surface area (TPSA) is 54.2 Å². The SMILES string of the molecule is C#CC(O/N=C1/c2cc(OC)c(OC)cc2-c2c1c1cc(OC)ccc1n2C)c1ccccc1. The maximum atomic E-state index is 5.96. The van der Waals surface area contributed by atoms with Crippen LogP contribution in [-0.2, 0) is 11.9 Å². The van der Waals surface area contributed by atoms with E-state index in [1.54, 1.807) is 21.3 Å². The van der Waals surface area contributed by atoms with E-state index in [2.05, 4.69) is 15.6 Å². The van der Waals surface area contributed by atoms with Crippen LogP contribution in [0.15, 0.2) is 65.8 Å². The number of benzene rings is 3. The Hall–Kier alpha value is -4.37. The number of ether oxygens (including phenoxy) is 3. The molecule has 0 radical (unpaired) electrons. The van der Waals surface area contributed by atoms with Crippen LogP contribution in [0.3, 0.4) is 0 Å². The summed E-state index contributed by atoms with van der Waals surface area (Å²) >= 11 is 0. The number of aromatic nitrogens is 1. The minimum absolute atomic E-state index is 0.611. The lowest BCUT2D eigenvalue weighted by molar-refractivity contribution is 0.100. The van der Waals surface area contributed by atoms with Gasteiger partial charge < -0.3 is 23.6 Å². The van der Waals surface area contributed by atoms with Crippen LogP contribution in [0.4, 0.5) is 0 Å². The van der Waals surface area contributed by atoms with Crippen LogP contribution in [0.25, 0.3) is 22.2 Å². The molecule has 0 N–H and O–H groups in total. The lowest BCUT2D eigenvalue weighted by atomic mass is 10.1. The lowest BCUT2D eigenvalue weighted by Crippen LogP contribution is -2.04. The summed E-state index contributed by atoms with van der Waals surface area (Å²) in [6.07, 6.45) is 5.17. The van der Waals surface area contributed by atoms with Crippen molar-refractivity contribution < 1.29 is 19.0 Å². The molecule has 0 fully saturated rings. The number of terminal acetylenes is 1. The number of aryl methyl sites for hydroxylation is 1. The molecule has 0 spiro atoms. The molecule has 6 heteroatoms. The second-order valence-corrected chi connectivity index (χ2v) is 7.92. The molecule has 6 nitrogen and oxygen atoms in total. The van der Waals surface area contributed by atoms with Crippen molar-refractivity contribution in [2.45, 2.75) is 6.10 Å². The Kier molecular flexibility index (Phi) is 5.39. The molecule has 3 aromatic carbocycles. The van der Waals surface area contributed by atoms with E-state index in [4.69, 9.17) is 25.5 Å². The standard InChI is InChI=1S/C28H24N2O4/c1-6-23(17-10-8-7-9-11-17)34-29-27-19-15-24(32-4)25(33-5)16-20(19)28-26(27)21-14-18(31-3)12-13-22(21)30(28)2/h1,7-16,23H,2-5H3/b29-27-. The van der Waals surface area contributed by atoms with E-state index in [9.17, 15) is 0 Å². The highest BCUT2D eigenvalue weighted by atomic mass is 16.6. The van der Waals surface area contributed by atoms with Gasteiger partial charge in [0.25, 0.3) is 0 Å². The average molecular weight is 453 g/mol. The summed E-state index contributed by atoms with van der Waals surface area (Å²) in [5.41, 5.74) is 6.41. The summed E-state index contributed by atoms with van der Waals surface area (Å²) in [6.45, 7) is 0.